The van der Waals surface area contributed by atoms with E-state index >= 15 is 0 Å². The minimum atomic E-state index is -1.13. The molecule has 8 nitrogen and oxygen atoms in total. The van der Waals surface area contributed by atoms with Crippen LogP contribution in [0.2, 0.25) is 0 Å². The lowest BCUT2D eigenvalue weighted by Crippen LogP contribution is -2.41. The first-order valence-corrected chi connectivity index (χ1v) is 5.33. The number of nitrogens with zero attached hydrogens (tertiary/aromatic N) is 3. The van der Waals surface area contributed by atoms with Gasteiger partial charge in [-0.05, 0) is 19.4 Å². The number of azide groups is 1. The molecule has 2 aliphatic rings. The van der Waals surface area contributed by atoms with Crippen molar-refractivity contribution in [1.29, 1.82) is 0 Å². The van der Waals surface area contributed by atoms with Crippen molar-refractivity contribution >= 4 is 0 Å². The third kappa shape index (κ3) is 2.23. The highest BCUT2D eigenvalue weighted by atomic mass is 16.8. The monoisotopic (exact) mass is 245 g/mol. The second-order valence-electron chi connectivity index (χ2n) is 4.51. The van der Waals surface area contributed by atoms with Crippen LogP contribution < -0.4 is 0 Å². The minimum absolute atomic E-state index is 0.481. The number of aliphatic hydroxyl groups excluding tert-OH is 2. The molecule has 2 heterocycles. The minimum Gasteiger partial charge on any atom is -0.394 e. The van der Waals surface area contributed by atoms with E-state index in [2.05, 4.69) is 10.0 Å². The second-order valence-corrected chi connectivity index (χ2v) is 4.51. The predicted octanol–water partition coefficient (Wildman–Crippen LogP) is -0.105. The number of hydrogen-bond donors (Lipinski definition) is 2. The van der Waals surface area contributed by atoms with Gasteiger partial charge in [0.1, 0.15) is 18.3 Å². The number of aliphatic hydroxyl groups is 2. The zero-order valence-electron chi connectivity index (χ0n) is 9.55. The summed E-state index contributed by atoms with van der Waals surface area (Å²) in [5, 5.41) is 22.0. The molecule has 17 heavy (non-hydrogen) atoms. The molecule has 2 rings (SSSR count). The van der Waals surface area contributed by atoms with Gasteiger partial charge in [-0.3, -0.25) is 0 Å². The summed E-state index contributed by atoms with van der Waals surface area (Å²) in [4.78, 5) is 2.71. The van der Waals surface area contributed by atoms with E-state index in [1.165, 1.54) is 0 Å². The van der Waals surface area contributed by atoms with Crippen molar-refractivity contribution < 1.29 is 24.4 Å². The van der Waals surface area contributed by atoms with Crippen LogP contribution in [0.25, 0.3) is 10.4 Å². The average Bonchev–Trinajstić information content (AvgIpc) is 2.72. The molecule has 0 amide bonds. The van der Waals surface area contributed by atoms with Crippen molar-refractivity contribution in [3.8, 4) is 0 Å². The molecule has 0 saturated carbocycles. The van der Waals surface area contributed by atoms with Gasteiger partial charge >= 0.3 is 0 Å². The largest absolute Gasteiger partial charge is 0.394 e. The Morgan fingerprint density at radius 2 is 2.18 bits per heavy atom. The van der Waals surface area contributed by atoms with Crippen molar-refractivity contribution in [2.24, 2.45) is 5.11 Å². The van der Waals surface area contributed by atoms with E-state index in [4.69, 9.17) is 24.8 Å². The summed E-state index contributed by atoms with van der Waals surface area (Å²) in [5.41, 5.74) is 8.51. The lowest BCUT2D eigenvalue weighted by Gasteiger charge is -2.25. The van der Waals surface area contributed by atoms with Crippen LogP contribution in [0.4, 0.5) is 0 Å². The summed E-state index contributed by atoms with van der Waals surface area (Å²) in [5.74, 6) is -0.812. The summed E-state index contributed by atoms with van der Waals surface area (Å²) in [6, 6.07) is -0.714. The highest BCUT2D eigenvalue weighted by Gasteiger charge is 2.55. The van der Waals surface area contributed by atoms with Gasteiger partial charge < -0.3 is 24.4 Å². The number of rotatable bonds is 3. The van der Waals surface area contributed by atoms with Gasteiger partial charge in [-0.2, -0.15) is 0 Å². The fourth-order valence-corrected chi connectivity index (χ4v) is 2.13. The van der Waals surface area contributed by atoms with Crippen molar-refractivity contribution in [3.63, 3.8) is 0 Å². The van der Waals surface area contributed by atoms with Gasteiger partial charge in [-0.15, -0.1) is 0 Å². The molecule has 0 aromatic rings. The lowest BCUT2D eigenvalue weighted by atomic mass is 10.0. The van der Waals surface area contributed by atoms with Gasteiger partial charge in [0.05, 0.1) is 12.6 Å². The van der Waals surface area contributed by atoms with Crippen LogP contribution in [0, 0.1) is 0 Å². The summed E-state index contributed by atoms with van der Waals surface area (Å²) in [6.07, 6.45) is -3.20. The Morgan fingerprint density at radius 1 is 1.47 bits per heavy atom. The van der Waals surface area contributed by atoms with Gasteiger partial charge in [0.2, 0.25) is 0 Å². The molecule has 2 fully saturated rings. The zero-order chi connectivity index (χ0) is 12.6. The third-order valence-electron chi connectivity index (χ3n) is 2.80. The molecule has 0 spiro atoms. The lowest BCUT2D eigenvalue weighted by molar-refractivity contribution is -0.217. The van der Waals surface area contributed by atoms with Gasteiger partial charge in [0.15, 0.2) is 12.1 Å². The van der Waals surface area contributed by atoms with E-state index in [1.54, 1.807) is 13.8 Å². The van der Waals surface area contributed by atoms with Crippen LogP contribution in [0.5, 0.6) is 0 Å². The molecule has 1 unspecified atom stereocenters. The molecule has 5 atom stereocenters. The van der Waals surface area contributed by atoms with Gasteiger partial charge in [0.25, 0.3) is 0 Å². The second kappa shape index (κ2) is 4.41. The number of ether oxygens (including phenoxy) is 3. The summed E-state index contributed by atoms with van der Waals surface area (Å²) < 4.78 is 16.4. The SMILES string of the molecule is CC1(C)O[C@@H]2O[C@@H](C(O)CO)[C@@H](N=[N+]=[N-])[C@@H]2O1. The molecule has 8 heteroatoms. The van der Waals surface area contributed by atoms with E-state index in [1.807, 2.05) is 0 Å². The summed E-state index contributed by atoms with van der Waals surface area (Å²) >= 11 is 0. The zero-order valence-corrected chi connectivity index (χ0v) is 9.55. The number of fused-ring (bicyclic) bond motifs is 1. The molecule has 2 saturated heterocycles. The van der Waals surface area contributed by atoms with Crippen molar-refractivity contribution in [3.05, 3.63) is 10.4 Å². The maximum absolute atomic E-state index is 9.57. The maximum atomic E-state index is 9.57. The van der Waals surface area contributed by atoms with Crippen LogP contribution in [-0.2, 0) is 14.2 Å². The van der Waals surface area contributed by atoms with Gasteiger partial charge in [-0.1, -0.05) is 5.11 Å². The van der Waals surface area contributed by atoms with E-state index in [-0.39, 0.29) is 0 Å². The average molecular weight is 245 g/mol. The third-order valence-corrected chi connectivity index (χ3v) is 2.80. The van der Waals surface area contributed by atoms with E-state index in [0.717, 1.165) is 0 Å². The predicted molar refractivity (Wildman–Crippen MR) is 54.7 cm³/mol. The first-order valence-electron chi connectivity index (χ1n) is 5.33. The highest BCUT2D eigenvalue weighted by molar-refractivity contribution is 5.00. The molecule has 0 radical (unpaired) electrons. The quantitative estimate of drug-likeness (QED) is 0.409. The van der Waals surface area contributed by atoms with E-state index < -0.39 is 43.0 Å². The van der Waals surface area contributed by atoms with Crippen LogP contribution in [0.3, 0.4) is 0 Å². The van der Waals surface area contributed by atoms with Crippen molar-refractivity contribution in [2.75, 3.05) is 6.61 Å². The van der Waals surface area contributed by atoms with Crippen molar-refractivity contribution in [1.82, 2.24) is 0 Å². The first-order chi connectivity index (χ1) is 7.98. The molecular formula is C9H15N3O5. The fraction of sp³-hybridized carbons (Fsp3) is 1.00. The molecular weight excluding hydrogens is 230 g/mol. The molecule has 0 aliphatic carbocycles. The molecule has 96 valence electrons. The standard InChI is InChI=1S/C9H15N3O5/c1-9(2)16-7-5(11-12-10)6(4(14)3-13)15-8(7)17-9/h4-8,13-14H,3H2,1-2H3/t4?,5-,6+,7+,8+/m1/s1. The normalized spacial score (nSPS) is 40.7. The smallest absolute Gasteiger partial charge is 0.188 e. The topological polar surface area (TPSA) is 117 Å². The van der Waals surface area contributed by atoms with Crippen LogP contribution >= 0.6 is 0 Å². The Labute approximate surface area is 97.7 Å². The molecule has 2 aliphatic heterocycles. The first kappa shape index (κ1) is 12.6. The highest BCUT2D eigenvalue weighted by Crippen LogP contribution is 2.39. The van der Waals surface area contributed by atoms with Gasteiger partial charge in [0, 0.05) is 4.91 Å². The van der Waals surface area contributed by atoms with Crippen molar-refractivity contribution in [2.45, 2.75) is 50.3 Å². The maximum Gasteiger partial charge on any atom is 0.188 e. The Kier molecular flexibility index (Phi) is 3.26. The van der Waals surface area contributed by atoms with Crippen LogP contribution in [0.1, 0.15) is 13.8 Å². The summed E-state index contributed by atoms with van der Waals surface area (Å²) in [7, 11) is 0. The van der Waals surface area contributed by atoms with Crippen LogP contribution in [0.15, 0.2) is 5.11 Å². The van der Waals surface area contributed by atoms with Gasteiger partial charge in [-0.25, -0.2) is 0 Å². The molecule has 0 bridgehead atoms. The Bertz CT molecular complexity index is 344. The Balaban J connectivity index is 2.18. The van der Waals surface area contributed by atoms with E-state index in [9.17, 15) is 5.11 Å². The molecule has 0 aromatic heterocycles. The Hall–Kier alpha value is -0.890. The molecule has 0 aromatic carbocycles. The van der Waals surface area contributed by atoms with Crippen LogP contribution in [-0.4, -0.2) is 53.3 Å². The number of hydrogen-bond acceptors (Lipinski definition) is 6. The fourth-order valence-electron chi connectivity index (χ4n) is 2.13. The summed E-state index contributed by atoms with van der Waals surface area (Å²) in [6.45, 7) is 2.96. The Morgan fingerprint density at radius 3 is 2.76 bits per heavy atom. The van der Waals surface area contributed by atoms with E-state index in [0.29, 0.717) is 0 Å². The molecule has 2 N–H and O–H groups in total.